The minimum absolute atomic E-state index is 0.938. The number of hydrogen-bond donors (Lipinski definition) is 1. The SMILES string of the molecule is CC1=C(C)OC=CN1. The van der Waals surface area contributed by atoms with E-state index in [9.17, 15) is 0 Å². The number of rotatable bonds is 0. The van der Waals surface area contributed by atoms with Gasteiger partial charge >= 0.3 is 0 Å². The van der Waals surface area contributed by atoms with E-state index in [4.69, 9.17) is 4.74 Å². The van der Waals surface area contributed by atoms with Crippen molar-refractivity contribution in [3.63, 3.8) is 0 Å². The summed E-state index contributed by atoms with van der Waals surface area (Å²) in [4.78, 5) is 0. The average molecular weight is 111 g/mol. The molecule has 2 nitrogen and oxygen atoms in total. The molecule has 8 heavy (non-hydrogen) atoms. The van der Waals surface area contributed by atoms with Crippen molar-refractivity contribution in [2.45, 2.75) is 13.8 Å². The molecule has 0 spiro atoms. The van der Waals surface area contributed by atoms with Gasteiger partial charge in [-0.2, -0.15) is 0 Å². The maximum absolute atomic E-state index is 5.03. The molecule has 0 aromatic heterocycles. The van der Waals surface area contributed by atoms with E-state index in [1.165, 1.54) is 0 Å². The lowest BCUT2D eigenvalue weighted by molar-refractivity contribution is 0.333. The largest absolute Gasteiger partial charge is 0.466 e. The average Bonchev–Trinajstić information content (AvgIpc) is 1.77. The van der Waals surface area contributed by atoms with Gasteiger partial charge in [0.15, 0.2) is 0 Å². The van der Waals surface area contributed by atoms with E-state index in [0.717, 1.165) is 11.5 Å². The molecule has 44 valence electrons. The smallest absolute Gasteiger partial charge is 0.119 e. The predicted molar refractivity (Wildman–Crippen MR) is 31.7 cm³/mol. The Morgan fingerprint density at radius 2 is 2.25 bits per heavy atom. The molecule has 0 bridgehead atoms. The van der Waals surface area contributed by atoms with Crippen molar-refractivity contribution < 1.29 is 4.74 Å². The topological polar surface area (TPSA) is 21.3 Å². The van der Waals surface area contributed by atoms with Crippen molar-refractivity contribution in [1.29, 1.82) is 0 Å². The van der Waals surface area contributed by atoms with Crippen LogP contribution in [-0.2, 0) is 4.74 Å². The molecule has 0 fully saturated rings. The fourth-order valence-electron chi connectivity index (χ4n) is 0.485. The Morgan fingerprint density at radius 1 is 1.50 bits per heavy atom. The van der Waals surface area contributed by atoms with Crippen molar-refractivity contribution in [2.24, 2.45) is 0 Å². The summed E-state index contributed by atoms with van der Waals surface area (Å²) in [6.45, 7) is 3.89. The zero-order chi connectivity index (χ0) is 5.98. The molecule has 0 unspecified atom stereocenters. The lowest BCUT2D eigenvalue weighted by Crippen LogP contribution is -2.08. The predicted octanol–water partition coefficient (Wildman–Crippen LogP) is 1.33. The zero-order valence-corrected chi connectivity index (χ0v) is 5.06. The molecule has 1 aliphatic rings. The van der Waals surface area contributed by atoms with Crippen molar-refractivity contribution in [3.8, 4) is 0 Å². The van der Waals surface area contributed by atoms with Crippen LogP contribution in [0.3, 0.4) is 0 Å². The summed E-state index contributed by atoms with van der Waals surface area (Å²) in [5.41, 5.74) is 1.08. The summed E-state index contributed by atoms with van der Waals surface area (Å²) in [6.07, 6.45) is 3.39. The van der Waals surface area contributed by atoms with Crippen molar-refractivity contribution >= 4 is 0 Å². The van der Waals surface area contributed by atoms with Gasteiger partial charge in [0.1, 0.15) is 12.0 Å². The second-order valence-electron chi connectivity index (χ2n) is 1.75. The molecule has 0 aromatic carbocycles. The third-order valence-electron chi connectivity index (χ3n) is 1.14. The van der Waals surface area contributed by atoms with Crippen LogP contribution in [0.15, 0.2) is 23.9 Å². The second-order valence-corrected chi connectivity index (χ2v) is 1.75. The first-order chi connectivity index (χ1) is 3.80. The molecule has 0 aromatic rings. The van der Waals surface area contributed by atoms with Gasteiger partial charge in [-0.25, -0.2) is 0 Å². The van der Waals surface area contributed by atoms with E-state index >= 15 is 0 Å². The van der Waals surface area contributed by atoms with E-state index in [2.05, 4.69) is 5.32 Å². The van der Waals surface area contributed by atoms with Crippen LogP contribution in [-0.4, -0.2) is 0 Å². The molecule has 0 amide bonds. The van der Waals surface area contributed by atoms with Crippen molar-refractivity contribution in [2.75, 3.05) is 0 Å². The van der Waals surface area contributed by atoms with Crippen LogP contribution < -0.4 is 5.32 Å². The van der Waals surface area contributed by atoms with E-state index in [-0.39, 0.29) is 0 Å². The number of allylic oxidation sites excluding steroid dienone is 2. The summed E-state index contributed by atoms with van der Waals surface area (Å²) in [5, 5.41) is 3.01. The highest BCUT2D eigenvalue weighted by Gasteiger charge is 1.96. The molecule has 0 saturated carbocycles. The van der Waals surface area contributed by atoms with Gasteiger partial charge in [-0.15, -0.1) is 0 Å². The highest BCUT2D eigenvalue weighted by Crippen LogP contribution is 2.05. The summed E-state index contributed by atoms with van der Waals surface area (Å²) < 4.78 is 5.03. The lowest BCUT2D eigenvalue weighted by atomic mass is 10.4. The molecule has 0 aliphatic carbocycles. The van der Waals surface area contributed by atoms with E-state index in [1.807, 2.05) is 13.8 Å². The minimum atomic E-state index is 0.938. The summed E-state index contributed by atoms with van der Waals surface area (Å²) in [7, 11) is 0. The maximum atomic E-state index is 5.03. The number of ether oxygens (including phenoxy) is 1. The summed E-state index contributed by atoms with van der Waals surface area (Å²) in [6, 6.07) is 0. The normalized spacial score (nSPS) is 17.8. The molecular weight excluding hydrogens is 102 g/mol. The van der Waals surface area contributed by atoms with Crippen LogP contribution in [0.5, 0.6) is 0 Å². The minimum Gasteiger partial charge on any atom is -0.466 e. The highest BCUT2D eigenvalue weighted by atomic mass is 16.5. The first kappa shape index (κ1) is 5.22. The Labute approximate surface area is 48.8 Å². The van der Waals surface area contributed by atoms with Crippen molar-refractivity contribution in [3.05, 3.63) is 23.9 Å². The van der Waals surface area contributed by atoms with Crippen LogP contribution in [0.2, 0.25) is 0 Å². The Bertz CT molecular complexity index is 131. The molecule has 1 heterocycles. The van der Waals surface area contributed by atoms with Gasteiger partial charge in [0.25, 0.3) is 0 Å². The van der Waals surface area contributed by atoms with Crippen LogP contribution >= 0.6 is 0 Å². The zero-order valence-electron chi connectivity index (χ0n) is 5.06. The molecular formula is C6H9NO. The standard InChI is InChI=1S/C6H9NO/c1-5-6(2)8-4-3-7-5/h3-4,7H,1-2H3. The number of hydrogen-bond acceptors (Lipinski definition) is 2. The van der Waals surface area contributed by atoms with Gasteiger partial charge in [-0.05, 0) is 13.8 Å². The van der Waals surface area contributed by atoms with Gasteiger partial charge < -0.3 is 10.1 Å². The lowest BCUT2D eigenvalue weighted by Gasteiger charge is -2.10. The van der Waals surface area contributed by atoms with Crippen LogP contribution in [0, 0.1) is 0 Å². The van der Waals surface area contributed by atoms with Gasteiger partial charge in [0, 0.05) is 6.20 Å². The Morgan fingerprint density at radius 3 is 2.62 bits per heavy atom. The summed E-state index contributed by atoms with van der Waals surface area (Å²) in [5.74, 6) is 0.938. The molecule has 0 saturated heterocycles. The van der Waals surface area contributed by atoms with Crippen LogP contribution in [0.1, 0.15) is 13.8 Å². The molecule has 0 radical (unpaired) electrons. The Kier molecular flexibility index (Phi) is 1.24. The first-order valence-corrected chi connectivity index (χ1v) is 2.56. The first-order valence-electron chi connectivity index (χ1n) is 2.56. The van der Waals surface area contributed by atoms with E-state index in [0.29, 0.717) is 0 Å². The fourth-order valence-corrected chi connectivity index (χ4v) is 0.485. The second kappa shape index (κ2) is 1.90. The van der Waals surface area contributed by atoms with Gasteiger partial charge in [0.05, 0.1) is 5.70 Å². The third kappa shape index (κ3) is 0.832. The monoisotopic (exact) mass is 111 g/mol. The van der Waals surface area contributed by atoms with Crippen LogP contribution in [0.4, 0.5) is 0 Å². The van der Waals surface area contributed by atoms with Gasteiger partial charge in [-0.1, -0.05) is 0 Å². The molecule has 0 atom stereocenters. The Hall–Kier alpha value is -0.920. The highest BCUT2D eigenvalue weighted by molar-refractivity contribution is 5.08. The third-order valence-corrected chi connectivity index (χ3v) is 1.14. The van der Waals surface area contributed by atoms with Gasteiger partial charge in [-0.3, -0.25) is 0 Å². The number of nitrogens with one attached hydrogen (secondary N) is 1. The molecule has 2 heteroatoms. The van der Waals surface area contributed by atoms with Gasteiger partial charge in [0.2, 0.25) is 0 Å². The van der Waals surface area contributed by atoms with E-state index in [1.54, 1.807) is 12.5 Å². The van der Waals surface area contributed by atoms with E-state index < -0.39 is 0 Å². The molecule has 1 N–H and O–H groups in total. The van der Waals surface area contributed by atoms with Crippen molar-refractivity contribution in [1.82, 2.24) is 5.32 Å². The molecule has 1 rings (SSSR count). The Balaban J connectivity index is 2.67. The maximum Gasteiger partial charge on any atom is 0.119 e. The van der Waals surface area contributed by atoms with Crippen LogP contribution in [0.25, 0.3) is 0 Å². The fraction of sp³-hybridized carbons (Fsp3) is 0.333. The summed E-state index contributed by atoms with van der Waals surface area (Å²) >= 11 is 0. The molecule has 1 aliphatic heterocycles. The quantitative estimate of drug-likeness (QED) is 0.509.